The summed E-state index contributed by atoms with van der Waals surface area (Å²) in [7, 11) is 1.90. The molecule has 1 N–H and O–H groups in total. The second-order valence-electron chi connectivity index (χ2n) is 8.40. The zero-order valence-corrected chi connectivity index (χ0v) is 20.5. The van der Waals surface area contributed by atoms with Gasteiger partial charge in [0.2, 0.25) is 0 Å². The number of benzene rings is 1. The van der Waals surface area contributed by atoms with Crippen molar-refractivity contribution in [1.82, 2.24) is 15.1 Å². The van der Waals surface area contributed by atoms with Gasteiger partial charge in [-0.25, -0.2) is 0 Å². The molecule has 1 atom stereocenters. The number of aliphatic imine (C=N–C) groups is 1. The van der Waals surface area contributed by atoms with Gasteiger partial charge in [-0.15, -0.1) is 24.0 Å². The van der Waals surface area contributed by atoms with E-state index in [1.54, 1.807) is 0 Å². The molecule has 0 radical (unpaired) electrons. The summed E-state index contributed by atoms with van der Waals surface area (Å²) in [6.45, 7) is 7.11. The van der Waals surface area contributed by atoms with E-state index < -0.39 is 0 Å². The summed E-state index contributed by atoms with van der Waals surface area (Å²) in [4.78, 5) is 9.71. The quantitative estimate of drug-likeness (QED) is 0.364. The van der Waals surface area contributed by atoms with Crippen LogP contribution in [0.5, 0.6) is 0 Å². The molecule has 3 aliphatic heterocycles. The summed E-state index contributed by atoms with van der Waals surface area (Å²) in [6.07, 6.45) is 5.91. The third-order valence-electron chi connectivity index (χ3n) is 6.81. The molecule has 162 valence electrons. The van der Waals surface area contributed by atoms with E-state index in [-0.39, 0.29) is 29.4 Å². The van der Waals surface area contributed by atoms with Gasteiger partial charge in [0.15, 0.2) is 5.96 Å². The lowest BCUT2D eigenvalue weighted by molar-refractivity contribution is 0.0512. The minimum Gasteiger partial charge on any atom is -0.381 e. The number of nitrogens with zero attached hydrogens (tertiary/aromatic N) is 3. The van der Waals surface area contributed by atoms with E-state index in [2.05, 4.69) is 32.2 Å². The lowest BCUT2D eigenvalue weighted by Gasteiger charge is -2.39. The zero-order chi connectivity index (χ0) is 19.4. The number of hydrogen-bond acceptors (Lipinski definition) is 3. The summed E-state index contributed by atoms with van der Waals surface area (Å²) in [5, 5.41) is 4.56. The highest BCUT2D eigenvalue weighted by molar-refractivity contribution is 14.0. The summed E-state index contributed by atoms with van der Waals surface area (Å²) in [6, 6.07) is 8.96. The van der Waals surface area contributed by atoms with Gasteiger partial charge < -0.3 is 15.0 Å². The van der Waals surface area contributed by atoms with Gasteiger partial charge in [0.05, 0.1) is 0 Å². The molecule has 1 aromatic carbocycles. The standard InChI is InChI=1S/C22H33ClN4O.HI/c1-24-21(27-13-8-18(16-27)26-11-4-5-12-26)25-17-22(9-14-28-15-10-22)19-6-2-3-7-20(19)23;/h2-3,6-7,18H,4-5,8-17H2,1H3,(H,24,25);1H. The summed E-state index contributed by atoms with van der Waals surface area (Å²) in [5.41, 5.74) is 1.24. The Morgan fingerprint density at radius 2 is 1.93 bits per heavy atom. The van der Waals surface area contributed by atoms with Gasteiger partial charge in [0.1, 0.15) is 0 Å². The Bertz CT molecular complexity index is 689. The first-order valence-electron chi connectivity index (χ1n) is 10.7. The van der Waals surface area contributed by atoms with Crippen LogP contribution in [0.2, 0.25) is 5.02 Å². The van der Waals surface area contributed by atoms with Gasteiger partial charge >= 0.3 is 0 Å². The molecule has 3 heterocycles. The number of ether oxygens (including phenoxy) is 1. The van der Waals surface area contributed by atoms with Crippen molar-refractivity contribution in [3.05, 3.63) is 34.9 Å². The van der Waals surface area contributed by atoms with Crippen molar-refractivity contribution in [3.8, 4) is 0 Å². The summed E-state index contributed by atoms with van der Waals surface area (Å²) in [5.74, 6) is 1.03. The Labute approximate surface area is 197 Å². The molecule has 0 saturated carbocycles. The van der Waals surface area contributed by atoms with Crippen LogP contribution in [0.3, 0.4) is 0 Å². The fourth-order valence-corrected chi connectivity index (χ4v) is 5.45. The maximum absolute atomic E-state index is 6.60. The van der Waals surface area contributed by atoms with Crippen molar-refractivity contribution in [1.29, 1.82) is 0 Å². The highest BCUT2D eigenvalue weighted by Gasteiger charge is 2.37. The lowest BCUT2D eigenvalue weighted by Crippen LogP contribution is -2.49. The molecule has 0 amide bonds. The fraction of sp³-hybridized carbons (Fsp3) is 0.682. The van der Waals surface area contributed by atoms with Crippen molar-refractivity contribution < 1.29 is 4.74 Å². The van der Waals surface area contributed by atoms with Crippen LogP contribution in [0, 0.1) is 0 Å². The number of guanidine groups is 1. The Hall–Kier alpha value is -0.570. The molecule has 4 rings (SSSR count). The van der Waals surface area contributed by atoms with E-state index in [4.69, 9.17) is 16.3 Å². The molecular formula is C22H34ClIN4O. The summed E-state index contributed by atoms with van der Waals surface area (Å²) < 4.78 is 5.67. The van der Waals surface area contributed by atoms with Gasteiger partial charge in [-0.2, -0.15) is 0 Å². The van der Waals surface area contributed by atoms with Crippen LogP contribution in [0.1, 0.15) is 37.7 Å². The van der Waals surface area contributed by atoms with Gasteiger partial charge in [-0.3, -0.25) is 9.89 Å². The molecule has 3 saturated heterocycles. The normalized spacial score (nSPS) is 25.1. The predicted molar refractivity (Wildman–Crippen MR) is 131 cm³/mol. The first-order chi connectivity index (χ1) is 13.7. The molecule has 3 fully saturated rings. The molecule has 5 nitrogen and oxygen atoms in total. The Morgan fingerprint density at radius 3 is 2.62 bits per heavy atom. The molecule has 0 bridgehead atoms. The Balaban J connectivity index is 0.00000240. The average molecular weight is 533 g/mol. The average Bonchev–Trinajstić information content (AvgIpc) is 3.42. The van der Waals surface area contributed by atoms with Crippen molar-refractivity contribution in [3.63, 3.8) is 0 Å². The number of nitrogens with one attached hydrogen (secondary N) is 1. The molecule has 0 aromatic heterocycles. The molecule has 3 aliphatic rings. The van der Waals surface area contributed by atoms with Crippen molar-refractivity contribution >= 4 is 41.5 Å². The summed E-state index contributed by atoms with van der Waals surface area (Å²) >= 11 is 6.60. The first-order valence-corrected chi connectivity index (χ1v) is 11.1. The Morgan fingerprint density at radius 1 is 1.21 bits per heavy atom. The van der Waals surface area contributed by atoms with Crippen LogP contribution in [0.15, 0.2) is 29.3 Å². The topological polar surface area (TPSA) is 40.1 Å². The highest BCUT2D eigenvalue weighted by Crippen LogP contribution is 2.38. The third kappa shape index (κ3) is 5.20. The van der Waals surface area contributed by atoms with Gasteiger partial charge in [-0.1, -0.05) is 29.8 Å². The van der Waals surface area contributed by atoms with Crippen LogP contribution in [0.4, 0.5) is 0 Å². The van der Waals surface area contributed by atoms with Crippen LogP contribution in [0.25, 0.3) is 0 Å². The van der Waals surface area contributed by atoms with Gasteiger partial charge in [-0.05, 0) is 56.8 Å². The van der Waals surface area contributed by atoms with Gasteiger partial charge in [0, 0.05) is 56.4 Å². The van der Waals surface area contributed by atoms with Crippen LogP contribution in [-0.2, 0) is 10.2 Å². The van der Waals surface area contributed by atoms with Crippen LogP contribution in [-0.4, -0.2) is 74.8 Å². The first kappa shape index (κ1) is 23.1. The monoisotopic (exact) mass is 532 g/mol. The largest absolute Gasteiger partial charge is 0.381 e. The number of hydrogen-bond donors (Lipinski definition) is 1. The molecular weight excluding hydrogens is 499 g/mol. The van der Waals surface area contributed by atoms with Crippen LogP contribution >= 0.6 is 35.6 Å². The molecule has 0 aliphatic carbocycles. The van der Waals surface area contributed by atoms with E-state index in [0.29, 0.717) is 6.04 Å². The zero-order valence-electron chi connectivity index (χ0n) is 17.4. The molecule has 29 heavy (non-hydrogen) atoms. The van der Waals surface area contributed by atoms with E-state index in [9.17, 15) is 0 Å². The van der Waals surface area contributed by atoms with Gasteiger partial charge in [0.25, 0.3) is 0 Å². The second-order valence-corrected chi connectivity index (χ2v) is 8.81. The minimum absolute atomic E-state index is 0. The third-order valence-corrected chi connectivity index (χ3v) is 7.14. The maximum Gasteiger partial charge on any atom is 0.193 e. The highest BCUT2D eigenvalue weighted by atomic mass is 127. The van der Waals surface area contributed by atoms with Crippen molar-refractivity contribution in [2.75, 3.05) is 53.0 Å². The van der Waals surface area contributed by atoms with Crippen molar-refractivity contribution in [2.45, 2.75) is 43.6 Å². The number of halogens is 2. The predicted octanol–water partition coefficient (Wildman–Crippen LogP) is 3.75. The smallest absolute Gasteiger partial charge is 0.193 e. The SMILES string of the molecule is CN=C(NCC1(c2ccccc2Cl)CCOCC1)N1CCC(N2CCCC2)C1.I. The maximum atomic E-state index is 6.60. The number of likely N-dealkylation sites (tertiary alicyclic amines) is 2. The van der Waals surface area contributed by atoms with E-state index in [0.717, 1.165) is 56.7 Å². The molecule has 1 unspecified atom stereocenters. The Kier molecular flexibility index (Phi) is 8.48. The minimum atomic E-state index is 0. The molecule has 1 aromatic rings. The second kappa shape index (κ2) is 10.6. The number of rotatable bonds is 4. The van der Waals surface area contributed by atoms with E-state index in [1.807, 2.05) is 19.2 Å². The van der Waals surface area contributed by atoms with Crippen LogP contribution < -0.4 is 5.32 Å². The molecule has 7 heteroatoms. The van der Waals surface area contributed by atoms with E-state index >= 15 is 0 Å². The van der Waals surface area contributed by atoms with Crippen molar-refractivity contribution in [2.24, 2.45) is 4.99 Å². The molecule has 0 spiro atoms. The van der Waals surface area contributed by atoms with E-state index in [1.165, 1.54) is 37.9 Å². The lowest BCUT2D eigenvalue weighted by atomic mass is 9.74. The fourth-order valence-electron chi connectivity index (χ4n) is 5.11.